The Labute approximate surface area is 183 Å². The number of carbonyl (C=O) groups excluding carboxylic acids is 2. The molecule has 31 heavy (non-hydrogen) atoms. The lowest BCUT2D eigenvalue weighted by Gasteiger charge is -2.23. The molecule has 1 atom stereocenters. The van der Waals surface area contributed by atoms with Crippen LogP contribution in [0.1, 0.15) is 37.7 Å². The number of amidine groups is 1. The lowest BCUT2D eigenvalue weighted by molar-refractivity contribution is -0.129. The molecule has 0 bridgehead atoms. The molecule has 5 nitrogen and oxygen atoms in total. The van der Waals surface area contributed by atoms with Gasteiger partial charge < -0.3 is 5.32 Å². The van der Waals surface area contributed by atoms with E-state index in [1.165, 1.54) is 17.8 Å². The summed E-state index contributed by atoms with van der Waals surface area (Å²) in [6.45, 7) is 1.96. The van der Waals surface area contributed by atoms with E-state index in [1.807, 2.05) is 31.2 Å². The Morgan fingerprint density at radius 1 is 1.19 bits per heavy atom. The zero-order valence-electron chi connectivity index (χ0n) is 17.1. The van der Waals surface area contributed by atoms with Gasteiger partial charge in [0.15, 0.2) is 5.17 Å². The van der Waals surface area contributed by atoms with E-state index in [2.05, 4.69) is 5.32 Å². The number of hydrogen-bond donors (Lipinski definition) is 1. The van der Waals surface area contributed by atoms with E-state index in [0.717, 1.165) is 43.0 Å². The van der Waals surface area contributed by atoms with Gasteiger partial charge in [-0.15, -0.1) is 0 Å². The molecule has 1 heterocycles. The van der Waals surface area contributed by atoms with E-state index in [1.54, 1.807) is 4.90 Å². The molecule has 1 aliphatic carbocycles. The normalized spacial score (nSPS) is 20.6. The number of halogens is 2. The predicted molar refractivity (Wildman–Crippen MR) is 118 cm³/mol. The number of rotatable bonds is 5. The maximum absolute atomic E-state index is 13.9. The number of benzene rings is 2. The molecule has 2 amide bonds. The van der Waals surface area contributed by atoms with Crippen LogP contribution in [-0.4, -0.2) is 33.2 Å². The molecule has 8 heteroatoms. The lowest BCUT2D eigenvalue weighted by Crippen LogP contribution is -2.40. The highest BCUT2D eigenvalue weighted by Gasteiger charge is 2.43. The van der Waals surface area contributed by atoms with Crippen molar-refractivity contribution in [3.8, 4) is 0 Å². The van der Waals surface area contributed by atoms with Crippen LogP contribution in [0.4, 0.5) is 20.2 Å². The van der Waals surface area contributed by atoms with Gasteiger partial charge in [0.1, 0.15) is 16.9 Å². The number of thioether (sulfide) groups is 1. The monoisotopic (exact) mass is 443 g/mol. The van der Waals surface area contributed by atoms with Gasteiger partial charge in [0.05, 0.1) is 11.4 Å². The van der Waals surface area contributed by atoms with Crippen molar-refractivity contribution in [3.05, 3.63) is 59.7 Å². The Kier molecular flexibility index (Phi) is 6.36. The van der Waals surface area contributed by atoms with Gasteiger partial charge in [0.2, 0.25) is 11.8 Å². The van der Waals surface area contributed by atoms with Crippen LogP contribution in [0.3, 0.4) is 0 Å². The number of anilines is 1. The number of nitrogens with one attached hydrogen (secondary N) is 1. The standard InChI is InChI=1S/C23H23F2N3O2S/c1-14-6-2-5-9-18(14)27-23-28(16-7-3-4-8-16)22(30)20(31-23)13-21(29)26-19-11-10-15(24)12-17(19)25/h2,5-6,9-12,16,20H,3-4,7-8,13H2,1H3,(H,26,29). The summed E-state index contributed by atoms with van der Waals surface area (Å²) in [5, 5.41) is 2.41. The zero-order chi connectivity index (χ0) is 22.0. The SMILES string of the molecule is Cc1ccccc1N=C1SC(CC(=O)Nc2ccc(F)cc2F)C(=O)N1C1CCCC1. The fraction of sp³-hybridized carbons (Fsp3) is 0.348. The molecule has 4 rings (SSSR count). The second kappa shape index (κ2) is 9.18. The molecule has 1 unspecified atom stereocenters. The van der Waals surface area contributed by atoms with Gasteiger partial charge in [-0.25, -0.2) is 13.8 Å². The fourth-order valence-corrected chi connectivity index (χ4v) is 5.15. The predicted octanol–water partition coefficient (Wildman–Crippen LogP) is 5.18. The van der Waals surface area contributed by atoms with Crippen LogP contribution in [0, 0.1) is 18.6 Å². The number of nitrogens with zero attached hydrogens (tertiary/aromatic N) is 2. The minimum atomic E-state index is -0.854. The molecule has 0 radical (unpaired) electrons. The third-order valence-electron chi connectivity index (χ3n) is 5.56. The van der Waals surface area contributed by atoms with Crippen LogP contribution >= 0.6 is 11.8 Å². The molecule has 1 N–H and O–H groups in total. The van der Waals surface area contributed by atoms with E-state index >= 15 is 0 Å². The highest BCUT2D eigenvalue weighted by molar-refractivity contribution is 8.15. The maximum atomic E-state index is 13.9. The molecule has 0 spiro atoms. The van der Waals surface area contributed by atoms with Crippen molar-refractivity contribution in [2.45, 2.75) is 50.3 Å². The highest BCUT2D eigenvalue weighted by Crippen LogP contribution is 2.37. The fourth-order valence-electron chi connectivity index (χ4n) is 3.94. The van der Waals surface area contributed by atoms with E-state index in [-0.39, 0.29) is 24.1 Å². The first kappa shape index (κ1) is 21.5. The van der Waals surface area contributed by atoms with Crippen molar-refractivity contribution < 1.29 is 18.4 Å². The van der Waals surface area contributed by atoms with Crippen LogP contribution in [0.15, 0.2) is 47.5 Å². The topological polar surface area (TPSA) is 61.8 Å². The molecule has 2 aliphatic rings. The summed E-state index contributed by atoms with van der Waals surface area (Å²) in [6.07, 6.45) is 3.84. The van der Waals surface area contributed by atoms with Crippen molar-refractivity contribution >= 4 is 40.1 Å². The molecule has 162 valence electrons. The highest BCUT2D eigenvalue weighted by atomic mass is 32.2. The van der Waals surface area contributed by atoms with Crippen LogP contribution in [0.25, 0.3) is 0 Å². The molecule has 1 aliphatic heterocycles. The van der Waals surface area contributed by atoms with Gasteiger partial charge in [-0.3, -0.25) is 14.5 Å². The molecule has 1 saturated carbocycles. The molecular formula is C23H23F2N3O2S. The van der Waals surface area contributed by atoms with Gasteiger partial charge >= 0.3 is 0 Å². The van der Waals surface area contributed by atoms with E-state index in [4.69, 9.17) is 4.99 Å². The number of aliphatic imine (C=N–C) groups is 1. The third kappa shape index (κ3) is 4.79. The molecule has 0 aromatic heterocycles. The van der Waals surface area contributed by atoms with Crippen LogP contribution in [-0.2, 0) is 9.59 Å². The van der Waals surface area contributed by atoms with Gasteiger partial charge in [-0.2, -0.15) is 0 Å². The van der Waals surface area contributed by atoms with E-state index in [9.17, 15) is 18.4 Å². The summed E-state index contributed by atoms with van der Waals surface area (Å²) in [5.74, 6) is -2.21. The van der Waals surface area contributed by atoms with Crippen molar-refractivity contribution in [1.29, 1.82) is 0 Å². The quantitative estimate of drug-likeness (QED) is 0.693. The van der Waals surface area contributed by atoms with Crippen molar-refractivity contribution in [1.82, 2.24) is 4.90 Å². The summed E-state index contributed by atoms with van der Waals surface area (Å²) in [7, 11) is 0. The number of aryl methyl sites for hydroxylation is 1. The third-order valence-corrected chi connectivity index (χ3v) is 6.72. The summed E-state index contributed by atoms with van der Waals surface area (Å²) >= 11 is 1.27. The van der Waals surface area contributed by atoms with Crippen molar-refractivity contribution in [3.63, 3.8) is 0 Å². The lowest BCUT2D eigenvalue weighted by atomic mass is 10.2. The van der Waals surface area contributed by atoms with E-state index < -0.39 is 22.8 Å². The summed E-state index contributed by atoms with van der Waals surface area (Å²) in [6, 6.07) is 10.7. The average molecular weight is 444 g/mol. The number of para-hydroxylation sites is 1. The Morgan fingerprint density at radius 3 is 2.65 bits per heavy atom. The Bertz CT molecular complexity index is 1040. The van der Waals surface area contributed by atoms with Gasteiger partial charge in [-0.1, -0.05) is 42.8 Å². The largest absolute Gasteiger partial charge is 0.324 e. The first-order valence-corrected chi connectivity index (χ1v) is 11.2. The second-order valence-corrected chi connectivity index (χ2v) is 8.98. The van der Waals surface area contributed by atoms with Crippen LogP contribution < -0.4 is 5.32 Å². The maximum Gasteiger partial charge on any atom is 0.242 e. The second-order valence-electron chi connectivity index (χ2n) is 7.81. The average Bonchev–Trinajstić information content (AvgIpc) is 3.34. The number of hydrogen-bond acceptors (Lipinski definition) is 4. The van der Waals surface area contributed by atoms with Crippen molar-refractivity contribution in [2.24, 2.45) is 4.99 Å². The first-order valence-electron chi connectivity index (χ1n) is 10.3. The minimum absolute atomic E-state index is 0.0883. The number of amides is 2. The van der Waals surface area contributed by atoms with E-state index in [0.29, 0.717) is 11.2 Å². The van der Waals surface area contributed by atoms with Crippen molar-refractivity contribution in [2.75, 3.05) is 5.32 Å². The summed E-state index contributed by atoms with van der Waals surface area (Å²) in [4.78, 5) is 32.2. The number of carbonyl (C=O) groups is 2. The molecular weight excluding hydrogens is 420 g/mol. The first-order chi connectivity index (χ1) is 14.9. The summed E-state index contributed by atoms with van der Waals surface area (Å²) in [5.41, 5.74) is 1.69. The Balaban J connectivity index is 1.53. The molecule has 2 aromatic rings. The Hall–Kier alpha value is -2.74. The van der Waals surface area contributed by atoms with Gasteiger partial charge in [0.25, 0.3) is 0 Å². The smallest absolute Gasteiger partial charge is 0.242 e. The summed E-state index contributed by atoms with van der Waals surface area (Å²) < 4.78 is 26.9. The van der Waals surface area contributed by atoms with Gasteiger partial charge in [-0.05, 0) is 43.5 Å². The molecule has 2 fully saturated rings. The Morgan fingerprint density at radius 2 is 1.94 bits per heavy atom. The molecule has 2 aromatic carbocycles. The van der Waals surface area contributed by atoms with Gasteiger partial charge in [0, 0.05) is 18.5 Å². The molecule has 1 saturated heterocycles. The minimum Gasteiger partial charge on any atom is -0.324 e. The van der Waals surface area contributed by atoms with Crippen LogP contribution in [0.2, 0.25) is 0 Å². The zero-order valence-corrected chi connectivity index (χ0v) is 17.9. The van der Waals surface area contributed by atoms with Crippen LogP contribution in [0.5, 0.6) is 0 Å².